The van der Waals surface area contributed by atoms with Crippen molar-refractivity contribution < 1.29 is 14.0 Å². The summed E-state index contributed by atoms with van der Waals surface area (Å²) in [5, 5.41) is 3.32. The van der Waals surface area contributed by atoms with E-state index in [0.29, 0.717) is 23.5 Å². The molecule has 5 aliphatic rings. The molecule has 6 rings (SSSR count). The zero-order chi connectivity index (χ0) is 15.6. The zero-order valence-corrected chi connectivity index (χ0v) is 13.4. The second-order valence-corrected chi connectivity index (χ2v) is 8.38. The van der Waals surface area contributed by atoms with E-state index in [0.717, 1.165) is 49.9 Å². The molecular formula is C19H23NO3. The maximum Gasteiger partial charge on any atom is 0.287 e. The molecule has 1 N–H and O–H groups in total. The lowest BCUT2D eigenvalue weighted by molar-refractivity contribution is -0.0171. The van der Waals surface area contributed by atoms with Crippen LogP contribution < -0.4 is 5.32 Å². The molecule has 0 atom stereocenters. The van der Waals surface area contributed by atoms with Crippen LogP contribution in [0.1, 0.15) is 78.0 Å². The van der Waals surface area contributed by atoms with Gasteiger partial charge >= 0.3 is 0 Å². The second kappa shape index (κ2) is 4.71. The Labute approximate surface area is 136 Å². The molecule has 0 unspecified atom stereocenters. The standard InChI is InChI=1S/C19H23NO3/c21-15-2-1-3-16-14(15)7-17(23-16)18(22)20-19-8-11-4-12(9-19)6-13(5-11)10-19/h7,11-13H,1-6,8-10H2,(H,20,22). The lowest BCUT2D eigenvalue weighted by Crippen LogP contribution is -2.59. The van der Waals surface area contributed by atoms with Gasteiger partial charge < -0.3 is 9.73 Å². The Morgan fingerprint density at radius 3 is 2.35 bits per heavy atom. The number of aryl methyl sites for hydroxylation is 1. The summed E-state index contributed by atoms with van der Waals surface area (Å²) >= 11 is 0. The number of carbonyl (C=O) groups is 2. The highest BCUT2D eigenvalue weighted by Crippen LogP contribution is 2.55. The van der Waals surface area contributed by atoms with Gasteiger partial charge in [0, 0.05) is 24.4 Å². The average molecular weight is 313 g/mol. The van der Waals surface area contributed by atoms with Crippen molar-refractivity contribution in [3.8, 4) is 0 Å². The largest absolute Gasteiger partial charge is 0.455 e. The first-order valence-corrected chi connectivity index (χ1v) is 9.09. The van der Waals surface area contributed by atoms with E-state index in [-0.39, 0.29) is 17.2 Å². The minimum atomic E-state index is -0.117. The average Bonchev–Trinajstić information content (AvgIpc) is 2.91. The van der Waals surface area contributed by atoms with E-state index in [1.165, 1.54) is 19.3 Å². The predicted octanol–water partition coefficient (Wildman–Crippen LogP) is 3.50. The van der Waals surface area contributed by atoms with Gasteiger partial charge in [-0.25, -0.2) is 0 Å². The number of hydrogen-bond acceptors (Lipinski definition) is 3. The minimum absolute atomic E-state index is 0.0108. The molecule has 1 aromatic rings. The van der Waals surface area contributed by atoms with Crippen LogP contribution in [0.25, 0.3) is 0 Å². The number of hydrogen-bond donors (Lipinski definition) is 1. The minimum Gasteiger partial charge on any atom is -0.455 e. The summed E-state index contributed by atoms with van der Waals surface area (Å²) in [4.78, 5) is 24.7. The monoisotopic (exact) mass is 313 g/mol. The zero-order valence-electron chi connectivity index (χ0n) is 13.4. The van der Waals surface area contributed by atoms with Gasteiger partial charge in [0.1, 0.15) is 5.76 Å². The van der Waals surface area contributed by atoms with E-state index in [1.807, 2.05) is 0 Å². The maximum absolute atomic E-state index is 12.7. The molecule has 1 aromatic heterocycles. The molecule has 0 saturated heterocycles. The number of fused-ring (bicyclic) bond motifs is 1. The topological polar surface area (TPSA) is 59.3 Å². The third-order valence-electron chi connectivity index (χ3n) is 6.56. The highest BCUT2D eigenvalue weighted by atomic mass is 16.4. The third kappa shape index (κ3) is 2.18. The van der Waals surface area contributed by atoms with E-state index < -0.39 is 0 Å². The fourth-order valence-corrected chi connectivity index (χ4v) is 6.07. The van der Waals surface area contributed by atoms with Gasteiger partial charge in [0.15, 0.2) is 11.5 Å². The van der Waals surface area contributed by atoms with Crippen molar-refractivity contribution in [2.45, 2.75) is 63.3 Å². The Morgan fingerprint density at radius 2 is 1.74 bits per heavy atom. The number of amides is 1. The summed E-state index contributed by atoms with van der Waals surface area (Å²) in [6, 6.07) is 1.67. The van der Waals surface area contributed by atoms with Gasteiger partial charge in [-0.3, -0.25) is 9.59 Å². The van der Waals surface area contributed by atoms with Crippen LogP contribution in [0, 0.1) is 17.8 Å². The summed E-state index contributed by atoms with van der Waals surface area (Å²) in [6.07, 6.45) is 9.64. The van der Waals surface area contributed by atoms with Crippen LogP contribution in [0.15, 0.2) is 10.5 Å². The quantitative estimate of drug-likeness (QED) is 0.909. The van der Waals surface area contributed by atoms with Crippen LogP contribution in [0.2, 0.25) is 0 Å². The predicted molar refractivity (Wildman–Crippen MR) is 84.3 cm³/mol. The summed E-state index contributed by atoms with van der Waals surface area (Å²) in [6.45, 7) is 0. The number of nitrogens with one attached hydrogen (secondary N) is 1. The van der Waals surface area contributed by atoms with Gasteiger partial charge in [-0.1, -0.05) is 0 Å². The molecule has 1 heterocycles. The van der Waals surface area contributed by atoms with Crippen LogP contribution in [0.3, 0.4) is 0 Å². The molecule has 0 aliphatic heterocycles. The molecule has 23 heavy (non-hydrogen) atoms. The van der Waals surface area contributed by atoms with Crippen molar-refractivity contribution in [3.05, 3.63) is 23.2 Å². The Hall–Kier alpha value is -1.58. The lowest BCUT2D eigenvalue weighted by Gasteiger charge is -2.56. The van der Waals surface area contributed by atoms with Crippen molar-refractivity contribution in [3.63, 3.8) is 0 Å². The van der Waals surface area contributed by atoms with Gasteiger partial charge in [-0.15, -0.1) is 0 Å². The molecular weight excluding hydrogens is 290 g/mol. The summed E-state index contributed by atoms with van der Waals surface area (Å²) < 4.78 is 5.72. The first-order chi connectivity index (χ1) is 11.1. The highest BCUT2D eigenvalue weighted by Gasteiger charge is 2.51. The molecule has 4 heteroatoms. The Morgan fingerprint density at radius 1 is 1.09 bits per heavy atom. The first kappa shape index (κ1) is 13.8. The SMILES string of the molecule is O=C(NC12CC3CC(CC(C3)C1)C2)c1cc2c(o1)CCCC2=O. The molecule has 4 saturated carbocycles. The fraction of sp³-hybridized carbons (Fsp3) is 0.684. The number of rotatable bonds is 2. The summed E-state index contributed by atoms with van der Waals surface area (Å²) in [5.41, 5.74) is 0.621. The second-order valence-electron chi connectivity index (χ2n) is 8.38. The number of carbonyl (C=O) groups excluding carboxylic acids is 2. The van der Waals surface area contributed by atoms with E-state index in [1.54, 1.807) is 6.07 Å². The fourth-order valence-electron chi connectivity index (χ4n) is 6.07. The number of furan rings is 1. The van der Waals surface area contributed by atoms with Gasteiger partial charge in [0.05, 0.1) is 5.56 Å². The van der Waals surface area contributed by atoms with Crippen LogP contribution in [-0.4, -0.2) is 17.2 Å². The molecule has 5 aliphatic carbocycles. The Kier molecular flexibility index (Phi) is 2.83. The molecule has 1 amide bonds. The van der Waals surface area contributed by atoms with Crippen molar-refractivity contribution in [2.75, 3.05) is 0 Å². The molecule has 0 radical (unpaired) electrons. The molecule has 4 bridgehead atoms. The molecule has 0 aromatic carbocycles. The van der Waals surface area contributed by atoms with Gasteiger partial charge in [-0.05, 0) is 62.7 Å². The van der Waals surface area contributed by atoms with Gasteiger partial charge in [0.25, 0.3) is 5.91 Å². The summed E-state index contributed by atoms with van der Waals surface area (Å²) in [5.74, 6) is 3.43. The summed E-state index contributed by atoms with van der Waals surface area (Å²) in [7, 11) is 0. The van der Waals surface area contributed by atoms with E-state index in [4.69, 9.17) is 4.42 Å². The number of ketones is 1. The lowest BCUT2D eigenvalue weighted by atomic mass is 9.53. The smallest absolute Gasteiger partial charge is 0.287 e. The van der Waals surface area contributed by atoms with Gasteiger partial charge in [0.2, 0.25) is 0 Å². The van der Waals surface area contributed by atoms with Crippen LogP contribution in [0.5, 0.6) is 0 Å². The van der Waals surface area contributed by atoms with Crippen molar-refractivity contribution >= 4 is 11.7 Å². The first-order valence-electron chi connectivity index (χ1n) is 9.09. The molecule has 4 fully saturated rings. The third-order valence-corrected chi connectivity index (χ3v) is 6.56. The van der Waals surface area contributed by atoms with Crippen molar-refractivity contribution in [2.24, 2.45) is 17.8 Å². The van der Waals surface area contributed by atoms with Crippen LogP contribution in [0.4, 0.5) is 0 Å². The van der Waals surface area contributed by atoms with E-state index in [9.17, 15) is 9.59 Å². The molecule has 4 nitrogen and oxygen atoms in total. The van der Waals surface area contributed by atoms with E-state index in [2.05, 4.69) is 5.32 Å². The van der Waals surface area contributed by atoms with Crippen molar-refractivity contribution in [1.82, 2.24) is 5.32 Å². The highest BCUT2D eigenvalue weighted by molar-refractivity contribution is 6.01. The van der Waals surface area contributed by atoms with E-state index >= 15 is 0 Å². The maximum atomic E-state index is 12.7. The normalized spacial score (nSPS) is 37.7. The number of Topliss-reactive ketones (excluding diaryl/α,β-unsaturated/α-hetero) is 1. The molecule has 0 spiro atoms. The van der Waals surface area contributed by atoms with Crippen LogP contribution >= 0.6 is 0 Å². The van der Waals surface area contributed by atoms with Gasteiger partial charge in [-0.2, -0.15) is 0 Å². The Bertz CT molecular complexity index is 652. The van der Waals surface area contributed by atoms with Crippen molar-refractivity contribution in [1.29, 1.82) is 0 Å². The van der Waals surface area contributed by atoms with Crippen LogP contribution in [-0.2, 0) is 6.42 Å². The Balaban J connectivity index is 1.39. The molecule has 122 valence electrons.